The van der Waals surface area contributed by atoms with Gasteiger partial charge in [0.15, 0.2) is 0 Å². The second-order valence-electron chi connectivity index (χ2n) is 5.89. The molecule has 20 heavy (non-hydrogen) atoms. The van der Waals surface area contributed by atoms with Crippen LogP contribution < -0.4 is 10.6 Å². The molecular weight excluding hydrogens is 244 g/mol. The number of aryl methyl sites for hydroxylation is 2. The minimum atomic E-state index is 0.233. The number of fused-ring (bicyclic) bond motifs is 1. The summed E-state index contributed by atoms with van der Waals surface area (Å²) in [5.74, 6) is 0. The molecule has 0 aromatic heterocycles. The number of rotatable bonds is 2. The van der Waals surface area contributed by atoms with Crippen molar-refractivity contribution in [3.63, 3.8) is 0 Å². The third kappa shape index (κ3) is 2.56. The Morgan fingerprint density at radius 3 is 2.70 bits per heavy atom. The van der Waals surface area contributed by atoms with Gasteiger partial charge in [-0.3, -0.25) is 0 Å². The van der Waals surface area contributed by atoms with E-state index in [1.807, 2.05) is 0 Å². The van der Waals surface area contributed by atoms with E-state index in [1.54, 1.807) is 0 Å². The maximum atomic E-state index is 6.21. The van der Waals surface area contributed by atoms with Crippen LogP contribution in [0.15, 0.2) is 42.5 Å². The van der Waals surface area contributed by atoms with Crippen LogP contribution in [0.2, 0.25) is 0 Å². The Morgan fingerprint density at radius 2 is 1.90 bits per heavy atom. The first-order valence-corrected chi connectivity index (χ1v) is 7.28. The van der Waals surface area contributed by atoms with Gasteiger partial charge in [-0.1, -0.05) is 36.4 Å². The largest absolute Gasteiger partial charge is 0.365 e. The van der Waals surface area contributed by atoms with Crippen LogP contribution in [0.3, 0.4) is 0 Å². The highest BCUT2D eigenvalue weighted by atomic mass is 15.2. The zero-order valence-corrected chi connectivity index (χ0v) is 12.3. The molecule has 0 aliphatic carbocycles. The molecule has 104 valence electrons. The van der Waals surface area contributed by atoms with Crippen molar-refractivity contribution in [1.29, 1.82) is 0 Å². The molecule has 1 heterocycles. The molecule has 3 rings (SSSR count). The van der Waals surface area contributed by atoms with E-state index in [2.05, 4.69) is 61.2 Å². The summed E-state index contributed by atoms with van der Waals surface area (Å²) < 4.78 is 0. The van der Waals surface area contributed by atoms with Crippen LogP contribution in [0.4, 0.5) is 5.69 Å². The second-order valence-corrected chi connectivity index (χ2v) is 5.89. The number of hydrogen-bond acceptors (Lipinski definition) is 2. The summed E-state index contributed by atoms with van der Waals surface area (Å²) in [6.07, 6.45) is 0.986. The van der Waals surface area contributed by atoms with Crippen molar-refractivity contribution in [2.45, 2.75) is 32.9 Å². The Hall–Kier alpha value is -1.80. The van der Waals surface area contributed by atoms with E-state index in [4.69, 9.17) is 5.73 Å². The molecule has 2 nitrogen and oxygen atoms in total. The predicted octanol–water partition coefficient (Wildman–Crippen LogP) is 3.19. The van der Waals surface area contributed by atoms with E-state index >= 15 is 0 Å². The van der Waals surface area contributed by atoms with Crippen molar-refractivity contribution in [2.24, 2.45) is 5.73 Å². The Labute approximate surface area is 121 Å². The SMILES string of the molecule is Cc1ccc(CN2CC(N)Cc3ccccc32)cc1C. The van der Waals surface area contributed by atoms with Gasteiger partial charge >= 0.3 is 0 Å². The fourth-order valence-corrected chi connectivity index (χ4v) is 2.99. The van der Waals surface area contributed by atoms with Gasteiger partial charge in [-0.25, -0.2) is 0 Å². The molecule has 1 aliphatic rings. The monoisotopic (exact) mass is 266 g/mol. The minimum Gasteiger partial charge on any atom is -0.365 e. The van der Waals surface area contributed by atoms with Gasteiger partial charge in [0.2, 0.25) is 0 Å². The van der Waals surface area contributed by atoms with Gasteiger partial charge in [-0.2, -0.15) is 0 Å². The molecule has 2 heteroatoms. The third-order valence-electron chi connectivity index (χ3n) is 4.21. The summed E-state index contributed by atoms with van der Waals surface area (Å²) in [5.41, 5.74) is 13.0. The smallest absolute Gasteiger partial charge is 0.0430 e. The molecule has 1 unspecified atom stereocenters. The quantitative estimate of drug-likeness (QED) is 0.904. The molecule has 0 bridgehead atoms. The zero-order chi connectivity index (χ0) is 14.1. The molecule has 2 aromatic carbocycles. The van der Waals surface area contributed by atoms with Crippen molar-refractivity contribution >= 4 is 5.69 Å². The second kappa shape index (κ2) is 5.29. The van der Waals surface area contributed by atoms with Gasteiger partial charge in [-0.05, 0) is 48.6 Å². The summed E-state index contributed by atoms with van der Waals surface area (Å²) >= 11 is 0. The molecule has 1 aliphatic heterocycles. The third-order valence-corrected chi connectivity index (χ3v) is 4.21. The number of para-hydroxylation sites is 1. The number of benzene rings is 2. The van der Waals surface area contributed by atoms with E-state index in [9.17, 15) is 0 Å². The maximum Gasteiger partial charge on any atom is 0.0430 e. The van der Waals surface area contributed by atoms with E-state index < -0.39 is 0 Å². The van der Waals surface area contributed by atoms with Crippen LogP contribution in [0, 0.1) is 13.8 Å². The fraction of sp³-hybridized carbons (Fsp3) is 0.333. The van der Waals surface area contributed by atoms with E-state index in [0.29, 0.717) is 0 Å². The van der Waals surface area contributed by atoms with Gasteiger partial charge in [-0.15, -0.1) is 0 Å². The fourth-order valence-electron chi connectivity index (χ4n) is 2.99. The van der Waals surface area contributed by atoms with Crippen LogP contribution in [0.25, 0.3) is 0 Å². The van der Waals surface area contributed by atoms with E-state index in [0.717, 1.165) is 19.5 Å². The first-order valence-electron chi connectivity index (χ1n) is 7.28. The van der Waals surface area contributed by atoms with Crippen molar-refractivity contribution in [2.75, 3.05) is 11.4 Å². The average Bonchev–Trinajstić information content (AvgIpc) is 2.43. The molecule has 0 fully saturated rings. The van der Waals surface area contributed by atoms with Crippen LogP contribution in [-0.2, 0) is 13.0 Å². The Bertz CT molecular complexity index is 619. The minimum absolute atomic E-state index is 0.233. The molecular formula is C18H22N2. The van der Waals surface area contributed by atoms with Crippen molar-refractivity contribution in [3.05, 3.63) is 64.7 Å². The first kappa shape index (κ1) is 13.2. The van der Waals surface area contributed by atoms with Gasteiger partial charge in [0.05, 0.1) is 0 Å². The van der Waals surface area contributed by atoms with Crippen LogP contribution in [0.5, 0.6) is 0 Å². The molecule has 2 N–H and O–H groups in total. The van der Waals surface area contributed by atoms with E-state index in [-0.39, 0.29) is 6.04 Å². The normalized spacial score (nSPS) is 17.9. The number of nitrogens with zero attached hydrogens (tertiary/aromatic N) is 1. The highest BCUT2D eigenvalue weighted by Gasteiger charge is 2.21. The highest BCUT2D eigenvalue weighted by Crippen LogP contribution is 2.28. The van der Waals surface area contributed by atoms with Gasteiger partial charge in [0.1, 0.15) is 0 Å². The Morgan fingerprint density at radius 1 is 1.10 bits per heavy atom. The van der Waals surface area contributed by atoms with Crippen molar-refractivity contribution in [3.8, 4) is 0 Å². The maximum absolute atomic E-state index is 6.21. The van der Waals surface area contributed by atoms with Crippen LogP contribution in [-0.4, -0.2) is 12.6 Å². The number of nitrogens with two attached hydrogens (primary N) is 1. The number of hydrogen-bond donors (Lipinski definition) is 1. The lowest BCUT2D eigenvalue weighted by atomic mass is 9.97. The molecule has 0 saturated carbocycles. The highest BCUT2D eigenvalue weighted by molar-refractivity contribution is 5.56. The summed E-state index contributed by atoms with van der Waals surface area (Å²) in [6.45, 7) is 6.20. The zero-order valence-electron chi connectivity index (χ0n) is 12.3. The lowest BCUT2D eigenvalue weighted by Gasteiger charge is -2.34. The van der Waals surface area contributed by atoms with E-state index in [1.165, 1.54) is 27.9 Å². The van der Waals surface area contributed by atoms with Crippen molar-refractivity contribution in [1.82, 2.24) is 0 Å². The molecule has 0 amide bonds. The molecule has 0 spiro atoms. The predicted molar refractivity (Wildman–Crippen MR) is 85.1 cm³/mol. The van der Waals surface area contributed by atoms with Crippen LogP contribution in [0.1, 0.15) is 22.3 Å². The van der Waals surface area contributed by atoms with Gasteiger partial charge in [0, 0.05) is 24.8 Å². The number of anilines is 1. The topological polar surface area (TPSA) is 29.3 Å². The van der Waals surface area contributed by atoms with Gasteiger partial charge < -0.3 is 10.6 Å². The summed E-state index contributed by atoms with van der Waals surface area (Å²) in [6, 6.07) is 15.6. The summed E-state index contributed by atoms with van der Waals surface area (Å²) in [7, 11) is 0. The average molecular weight is 266 g/mol. The lowest BCUT2D eigenvalue weighted by molar-refractivity contribution is 0.599. The summed E-state index contributed by atoms with van der Waals surface area (Å²) in [5, 5.41) is 0. The van der Waals surface area contributed by atoms with Crippen molar-refractivity contribution < 1.29 is 0 Å². The van der Waals surface area contributed by atoms with Crippen LogP contribution >= 0.6 is 0 Å². The summed E-state index contributed by atoms with van der Waals surface area (Å²) in [4.78, 5) is 2.41. The Balaban J connectivity index is 1.89. The first-order chi connectivity index (χ1) is 9.63. The lowest BCUT2D eigenvalue weighted by Crippen LogP contribution is -2.42. The molecule has 2 aromatic rings. The van der Waals surface area contributed by atoms with Gasteiger partial charge in [0.25, 0.3) is 0 Å². The molecule has 0 radical (unpaired) electrons. The molecule has 1 atom stereocenters. The molecule has 0 saturated heterocycles. The standard InChI is InChI=1S/C18H22N2/c1-13-7-8-15(9-14(13)2)11-20-12-17(19)10-16-5-3-4-6-18(16)20/h3-9,17H,10-12,19H2,1-2H3. The Kier molecular flexibility index (Phi) is 3.49.